The van der Waals surface area contributed by atoms with Gasteiger partial charge < -0.3 is 10.6 Å². The van der Waals surface area contributed by atoms with Crippen LogP contribution in [0.3, 0.4) is 0 Å². The first-order chi connectivity index (χ1) is 11.3. The fraction of sp³-hybridized carbons (Fsp3) is 0.176. The van der Waals surface area contributed by atoms with Crippen LogP contribution in [0.25, 0.3) is 0 Å². The zero-order chi connectivity index (χ0) is 17.7. The Morgan fingerprint density at radius 3 is 2.21 bits per heavy atom. The van der Waals surface area contributed by atoms with E-state index < -0.39 is 24.5 Å². The van der Waals surface area contributed by atoms with Crippen LogP contribution in [0.15, 0.2) is 48.5 Å². The van der Waals surface area contributed by atoms with E-state index in [-0.39, 0.29) is 11.3 Å². The van der Waals surface area contributed by atoms with Gasteiger partial charge in [0, 0.05) is 5.56 Å². The van der Waals surface area contributed by atoms with Crippen molar-refractivity contribution >= 4 is 17.5 Å². The lowest BCUT2D eigenvalue weighted by atomic mass is 10.1. The molecule has 0 bridgehead atoms. The summed E-state index contributed by atoms with van der Waals surface area (Å²) >= 11 is 0. The number of nitrogens with one attached hydrogen (secondary N) is 2. The van der Waals surface area contributed by atoms with Crippen LogP contribution in [0.2, 0.25) is 0 Å². The molecule has 4 nitrogen and oxygen atoms in total. The van der Waals surface area contributed by atoms with E-state index in [0.717, 1.165) is 5.56 Å². The summed E-state index contributed by atoms with van der Waals surface area (Å²) in [5.74, 6) is -1.36. The van der Waals surface area contributed by atoms with E-state index in [1.807, 2.05) is 6.92 Å². The average Bonchev–Trinajstić information content (AvgIpc) is 2.53. The molecule has 0 aliphatic carbocycles. The molecule has 0 aromatic heterocycles. The van der Waals surface area contributed by atoms with Crippen LogP contribution >= 0.6 is 0 Å². The molecule has 24 heavy (non-hydrogen) atoms. The van der Waals surface area contributed by atoms with Crippen molar-refractivity contribution in [1.29, 1.82) is 0 Å². The van der Waals surface area contributed by atoms with Gasteiger partial charge in [-0.1, -0.05) is 29.8 Å². The van der Waals surface area contributed by atoms with E-state index in [2.05, 4.69) is 5.32 Å². The van der Waals surface area contributed by atoms with Gasteiger partial charge in [0.25, 0.3) is 11.8 Å². The minimum absolute atomic E-state index is 0.0396. The maximum absolute atomic E-state index is 12.2. The monoisotopic (exact) mass is 336 g/mol. The molecular formula is C17H15F3N2O2. The first-order valence-electron chi connectivity index (χ1n) is 7.08. The van der Waals surface area contributed by atoms with Crippen LogP contribution < -0.4 is 10.6 Å². The molecule has 7 heteroatoms. The summed E-state index contributed by atoms with van der Waals surface area (Å²) in [6.45, 7) is 0.439. The predicted octanol–water partition coefficient (Wildman–Crippen LogP) is 3.54. The molecule has 0 unspecified atom stereocenters. The second kappa shape index (κ2) is 7.16. The lowest BCUT2D eigenvalue weighted by Gasteiger charge is -2.12. The molecule has 0 heterocycles. The van der Waals surface area contributed by atoms with Crippen LogP contribution in [-0.4, -0.2) is 24.5 Å². The number of carbonyl (C=O) groups excluding carboxylic acids is 2. The Bertz CT molecular complexity index is 740. The molecule has 0 fully saturated rings. The van der Waals surface area contributed by atoms with Gasteiger partial charge in [0.2, 0.25) is 0 Å². The highest BCUT2D eigenvalue weighted by Gasteiger charge is 2.28. The Kier molecular flexibility index (Phi) is 5.23. The smallest absolute Gasteiger partial charge is 0.343 e. The van der Waals surface area contributed by atoms with Crippen LogP contribution in [-0.2, 0) is 0 Å². The Labute approximate surface area is 136 Å². The molecule has 2 aromatic carbocycles. The number of rotatable bonds is 4. The summed E-state index contributed by atoms with van der Waals surface area (Å²) in [5.41, 5.74) is 1.47. The zero-order valence-corrected chi connectivity index (χ0v) is 12.8. The summed E-state index contributed by atoms with van der Waals surface area (Å²) in [5, 5.41) is 4.33. The molecule has 0 saturated heterocycles. The summed E-state index contributed by atoms with van der Waals surface area (Å²) in [6.07, 6.45) is -4.50. The van der Waals surface area contributed by atoms with Gasteiger partial charge in [0.1, 0.15) is 6.54 Å². The lowest BCUT2D eigenvalue weighted by molar-refractivity contribution is -0.123. The van der Waals surface area contributed by atoms with Crippen LogP contribution in [0.5, 0.6) is 0 Å². The van der Waals surface area contributed by atoms with E-state index in [1.54, 1.807) is 35.6 Å². The quantitative estimate of drug-likeness (QED) is 0.897. The molecule has 0 aliphatic heterocycles. The van der Waals surface area contributed by atoms with Crippen molar-refractivity contribution in [3.63, 3.8) is 0 Å². The first-order valence-corrected chi connectivity index (χ1v) is 7.08. The van der Waals surface area contributed by atoms with Crippen molar-refractivity contribution in [2.24, 2.45) is 0 Å². The lowest BCUT2D eigenvalue weighted by Crippen LogP contribution is -2.34. The Balaban J connectivity index is 2.15. The highest BCUT2D eigenvalue weighted by atomic mass is 19.4. The van der Waals surface area contributed by atoms with Gasteiger partial charge in [-0.3, -0.25) is 9.59 Å². The average molecular weight is 336 g/mol. The third-order valence-electron chi connectivity index (χ3n) is 3.18. The number of halogens is 3. The van der Waals surface area contributed by atoms with E-state index in [1.165, 1.54) is 18.2 Å². The van der Waals surface area contributed by atoms with Crippen LogP contribution in [0.4, 0.5) is 18.9 Å². The molecule has 0 radical (unpaired) electrons. The second-order valence-corrected chi connectivity index (χ2v) is 5.16. The summed E-state index contributed by atoms with van der Waals surface area (Å²) in [7, 11) is 0. The van der Waals surface area contributed by atoms with Gasteiger partial charge >= 0.3 is 6.18 Å². The zero-order valence-electron chi connectivity index (χ0n) is 12.8. The number of hydrogen-bond acceptors (Lipinski definition) is 2. The third-order valence-corrected chi connectivity index (χ3v) is 3.18. The molecule has 2 rings (SSSR count). The molecule has 2 aromatic rings. The highest BCUT2D eigenvalue weighted by molar-refractivity contribution is 6.09. The number of para-hydroxylation sites is 1. The molecule has 126 valence electrons. The standard InChI is InChI=1S/C17H15F3N2O2/c1-11-6-8-12(9-7-11)15(23)22-14-5-3-2-4-13(14)16(24)21-10-17(18,19)20/h2-9H,10H2,1H3,(H,21,24)(H,22,23). The Morgan fingerprint density at radius 2 is 1.58 bits per heavy atom. The topological polar surface area (TPSA) is 58.2 Å². The molecule has 0 atom stereocenters. The van der Waals surface area contributed by atoms with Crippen molar-refractivity contribution in [2.45, 2.75) is 13.1 Å². The largest absolute Gasteiger partial charge is 0.405 e. The maximum Gasteiger partial charge on any atom is 0.405 e. The van der Waals surface area contributed by atoms with E-state index in [4.69, 9.17) is 0 Å². The first kappa shape index (κ1) is 17.5. The van der Waals surface area contributed by atoms with Gasteiger partial charge in [-0.2, -0.15) is 13.2 Å². The van der Waals surface area contributed by atoms with Crippen molar-refractivity contribution in [3.05, 3.63) is 65.2 Å². The predicted molar refractivity (Wildman–Crippen MR) is 84.0 cm³/mol. The van der Waals surface area contributed by atoms with Gasteiger partial charge in [0.05, 0.1) is 11.3 Å². The van der Waals surface area contributed by atoms with Crippen molar-refractivity contribution < 1.29 is 22.8 Å². The van der Waals surface area contributed by atoms with E-state index >= 15 is 0 Å². The molecule has 0 saturated carbocycles. The minimum atomic E-state index is -4.50. The van der Waals surface area contributed by atoms with Gasteiger partial charge in [-0.05, 0) is 31.2 Å². The molecule has 0 spiro atoms. The molecular weight excluding hydrogens is 321 g/mol. The van der Waals surface area contributed by atoms with Crippen molar-refractivity contribution in [3.8, 4) is 0 Å². The fourth-order valence-corrected chi connectivity index (χ4v) is 1.97. The van der Waals surface area contributed by atoms with Crippen LogP contribution in [0.1, 0.15) is 26.3 Å². The molecule has 2 amide bonds. The highest BCUT2D eigenvalue weighted by Crippen LogP contribution is 2.18. The Morgan fingerprint density at radius 1 is 0.958 bits per heavy atom. The number of alkyl halides is 3. The number of benzene rings is 2. The fourth-order valence-electron chi connectivity index (χ4n) is 1.97. The minimum Gasteiger partial charge on any atom is -0.343 e. The maximum atomic E-state index is 12.2. The second-order valence-electron chi connectivity index (χ2n) is 5.16. The van der Waals surface area contributed by atoms with Crippen LogP contribution in [0, 0.1) is 6.92 Å². The number of carbonyl (C=O) groups is 2. The Hall–Kier alpha value is -2.83. The van der Waals surface area contributed by atoms with Crippen molar-refractivity contribution in [1.82, 2.24) is 5.32 Å². The molecule has 2 N–H and O–H groups in total. The normalized spacial score (nSPS) is 11.0. The number of hydrogen-bond donors (Lipinski definition) is 2. The van der Waals surface area contributed by atoms with Gasteiger partial charge in [-0.25, -0.2) is 0 Å². The van der Waals surface area contributed by atoms with E-state index in [0.29, 0.717) is 5.56 Å². The summed E-state index contributed by atoms with van der Waals surface area (Å²) in [4.78, 5) is 24.1. The van der Waals surface area contributed by atoms with Crippen molar-refractivity contribution in [2.75, 3.05) is 11.9 Å². The summed E-state index contributed by atoms with van der Waals surface area (Å²) in [6, 6.07) is 12.6. The van der Waals surface area contributed by atoms with Gasteiger partial charge in [0.15, 0.2) is 0 Å². The SMILES string of the molecule is Cc1ccc(C(=O)Nc2ccccc2C(=O)NCC(F)(F)F)cc1. The summed E-state index contributed by atoms with van der Waals surface area (Å²) < 4.78 is 36.6. The third kappa shape index (κ3) is 4.84. The number of aryl methyl sites for hydroxylation is 1. The number of anilines is 1. The van der Waals surface area contributed by atoms with E-state index in [9.17, 15) is 22.8 Å². The van der Waals surface area contributed by atoms with Gasteiger partial charge in [-0.15, -0.1) is 0 Å². The molecule has 0 aliphatic rings. The number of amides is 2.